The van der Waals surface area contributed by atoms with Gasteiger partial charge in [-0.3, -0.25) is 0 Å². The topological polar surface area (TPSA) is 72.3 Å². The second-order valence-corrected chi connectivity index (χ2v) is 10.1. The minimum absolute atomic E-state index is 0.422. The van der Waals surface area contributed by atoms with Gasteiger partial charge in [-0.15, -0.1) is 22.7 Å². The highest BCUT2D eigenvalue weighted by Crippen LogP contribution is 2.35. The Kier molecular flexibility index (Phi) is 5.92. The minimum atomic E-state index is -4.37. The lowest BCUT2D eigenvalue weighted by molar-refractivity contribution is -0.152. The van der Waals surface area contributed by atoms with Crippen LogP contribution in [0.25, 0.3) is 20.8 Å². The smallest absolute Gasteiger partial charge is 0.416 e. The van der Waals surface area contributed by atoms with E-state index in [0.717, 1.165) is 32.4 Å². The number of carboxylic acid groups (broad SMARTS) is 1. The van der Waals surface area contributed by atoms with Crippen molar-refractivity contribution in [1.29, 1.82) is 0 Å². The van der Waals surface area contributed by atoms with E-state index < -0.39 is 23.3 Å². The summed E-state index contributed by atoms with van der Waals surface area (Å²) in [6.07, 6.45) is -3.83. The Morgan fingerprint density at radius 3 is 2.39 bits per heavy atom. The number of carboxylic acids is 1. The van der Waals surface area contributed by atoms with Crippen molar-refractivity contribution in [2.75, 3.05) is 0 Å². The van der Waals surface area contributed by atoms with E-state index >= 15 is 0 Å². The second-order valence-electron chi connectivity index (χ2n) is 7.93. The molecule has 33 heavy (non-hydrogen) atoms. The Morgan fingerprint density at radius 2 is 1.76 bits per heavy atom. The third-order valence-corrected chi connectivity index (χ3v) is 7.20. The number of benzene rings is 2. The van der Waals surface area contributed by atoms with Crippen LogP contribution in [0.4, 0.5) is 13.2 Å². The Hall–Kier alpha value is -2.98. The van der Waals surface area contributed by atoms with Gasteiger partial charge in [-0.25, -0.2) is 14.8 Å². The largest absolute Gasteiger partial charge is 0.478 e. The van der Waals surface area contributed by atoms with Crippen LogP contribution >= 0.6 is 22.7 Å². The van der Waals surface area contributed by atoms with Gasteiger partial charge < -0.3 is 9.84 Å². The van der Waals surface area contributed by atoms with Crippen LogP contribution in [-0.2, 0) is 17.4 Å². The molecular formula is C23H19F3N2O3S2. The van der Waals surface area contributed by atoms with Crippen LogP contribution < -0.4 is 4.74 Å². The van der Waals surface area contributed by atoms with E-state index in [0.29, 0.717) is 28.3 Å². The van der Waals surface area contributed by atoms with E-state index in [9.17, 15) is 23.1 Å². The number of hydrogen-bond donors (Lipinski definition) is 1. The predicted octanol–water partition coefficient (Wildman–Crippen LogP) is 6.58. The summed E-state index contributed by atoms with van der Waals surface area (Å²) in [5, 5.41) is 10.8. The Morgan fingerprint density at radius 1 is 1.06 bits per heavy atom. The number of alkyl halides is 3. The van der Waals surface area contributed by atoms with Crippen LogP contribution in [0.5, 0.6) is 5.75 Å². The van der Waals surface area contributed by atoms with Gasteiger partial charge in [-0.1, -0.05) is 12.1 Å². The lowest BCUT2D eigenvalue weighted by atomic mass is 10.1. The minimum Gasteiger partial charge on any atom is -0.478 e. The van der Waals surface area contributed by atoms with Gasteiger partial charge in [0.15, 0.2) is 5.60 Å². The summed E-state index contributed by atoms with van der Waals surface area (Å²) < 4.78 is 45.0. The average molecular weight is 493 g/mol. The average Bonchev–Trinajstić information content (AvgIpc) is 3.30. The standard InChI is InChI=1S/C23H19F3N2O3S2/c1-12-18(33-20(27-12)13-4-6-14(7-5-13)23(24,25)26)11-19-28-16-10-15(8-9-17(16)32-19)31-22(2,3)21(29)30/h4-10H,11H2,1-3H3,(H,29,30). The number of rotatable bonds is 6. The molecule has 0 fully saturated rings. The van der Waals surface area contributed by atoms with Crippen molar-refractivity contribution in [3.05, 3.63) is 63.6 Å². The number of ether oxygens (including phenoxy) is 1. The van der Waals surface area contributed by atoms with Crippen LogP contribution in [-0.4, -0.2) is 26.6 Å². The number of thiazole rings is 2. The number of halogens is 3. The van der Waals surface area contributed by atoms with E-state index in [2.05, 4.69) is 9.97 Å². The van der Waals surface area contributed by atoms with Gasteiger partial charge in [-0.05, 0) is 45.0 Å². The van der Waals surface area contributed by atoms with E-state index in [1.807, 2.05) is 13.0 Å². The van der Waals surface area contributed by atoms with Gasteiger partial charge in [0.1, 0.15) is 10.8 Å². The number of carbonyl (C=O) groups is 1. The van der Waals surface area contributed by atoms with Crippen molar-refractivity contribution in [2.24, 2.45) is 0 Å². The highest BCUT2D eigenvalue weighted by molar-refractivity contribution is 7.19. The van der Waals surface area contributed by atoms with E-state index in [1.165, 1.54) is 48.7 Å². The maximum Gasteiger partial charge on any atom is 0.416 e. The van der Waals surface area contributed by atoms with Crippen LogP contribution in [0.2, 0.25) is 0 Å². The van der Waals surface area contributed by atoms with Crippen LogP contribution in [0.3, 0.4) is 0 Å². The normalized spacial score (nSPS) is 12.3. The van der Waals surface area contributed by atoms with Gasteiger partial charge in [-0.2, -0.15) is 13.2 Å². The van der Waals surface area contributed by atoms with E-state index in [4.69, 9.17) is 4.74 Å². The molecule has 2 aromatic carbocycles. The Labute approximate surface area is 195 Å². The molecular weight excluding hydrogens is 473 g/mol. The molecule has 0 saturated carbocycles. The van der Waals surface area contributed by atoms with Crippen molar-refractivity contribution < 1.29 is 27.8 Å². The summed E-state index contributed by atoms with van der Waals surface area (Å²) in [4.78, 5) is 21.5. The molecule has 172 valence electrons. The number of hydrogen-bond acceptors (Lipinski definition) is 6. The van der Waals surface area contributed by atoms with Crippen LogP contribution in [0.1, 0.15) is 35.0 Å². The maximum atomic E-state index is 12.8. The highest BCUT2D eigenvalue weighted by atomic mass is 32.1. The molecule has 0 saturated heterocycles. The predicted molar refractivity (Wildman–Crippen MR) is 122 cm³/mol. The number of nitrogens with zero attached hydrogens (tertiary/aromatic N) is 2. The van der Waals surface area contributed by atoms with Gasteiger partial charge in [0.25, 0.3) is 0 Å². The molecule has 2 aromatic heterocycles. The number of fused-ring (bicyclic) bond motifs is 1. The number of aryl methyl sites for hydroxylation is 1. The first-order valence-electron chi connectivity index (χ1n) is 9.88. The fourth-order valence-electron chi connectivity index (χ4n) is 3.09. The summed E-state index contributed by atoms with van der Waals surface area (Å²) in [6, 6.07) is 10.3. The first-order valence-corrected chi connectivity index (χ1v) is 11.5. The molecule has 0 bridgehead atoms. The summed E-state index contributed by atoms with van der Waals surface area (Å²) >= 11 is 2.94. The van der Waals surface area contributed by atoms with Crippen molar-refractivity contribution >= 4 is 38.9 Å². The molecule has 4 aromatic rings. The molecule has 0 aliphatic carbocycles. The SMILES string of the molecule is Cc1nc(-c2ccc(C(F)(F)F)cc2)sc1Cc1nc2cc(OC(C)(C)C(=O)O)ccc2s1. The zero-order chi connectivity index (χ0) is 24.0. The third kappa shape index (κ3) is 5.01. The molecule has 0 atom stereocenters. The van der Waals surface area contributed by atoms with Gasteiger partial charge in [0.05, 0.1) is 26.5 Å². The maximum absolute atomic E-state index is 12.8. The lowest BCUT2D eigenvalue weighted by Crippen LogP contribution is -2.37. The zero-order valence-electron chi connectivity index (χ0n) is 17.9. The number of aliphatic carboxylic acids is 1. The summed E-state index contributed by atoms with van der Waals surface area (Å²) in [7, 11) is 0. The highest BCUT2D eigenvalue weighted by Gasteiger charge is 2.30. The quantitative estimate of drug-likeness (QED) is 0.329. The first-order chi connectivity index (χ1) is 15.4. The molecule has 0 aliphatic rings. The summed E-state index contributed by atoms with van der Waals surface area (Å²) in [5.41, 5.74) is 0.0973. The van der Waals surface area contributed by atoms with E-state index in [-0.39, 0.29) is 0 Å². The number of aromatic nitrogens is 2. The molecule has 0 radical (unpaired) electrons. The second kappa shape index (κ2) is 8.42. The van der Waals surface area contributed by atoms with Gasteiger partial charge >= 0.3 is 12.1 Å². The van der Waals surface area contributed by atoms with Gasteiger partial charge in [0.2, 0.25) is 0 Å². The molecule has 4 rings (SSSR count). The zero-order valence-corrected chi connectivity index (χ0v) is 19.5. The molecule has 0 spiro atoms. The molecule has 0 amide bonds. The molecule has 2 heterocycles. The van der Waals surface area contributed by atoms with E-state index in [1.54, 1.807) is 12.1 Å². The fraction of sp³-hybridized carbons (Fsp3) is 0.261. The van der Waals surface area contributed by atoms with Crippen LogP contribution in [0, 0.1) is 6.92 Å². The van der Waals surface area contributed by atoms with Crippen molar-refractivity contribution in [1.82, 2.24) is 9.97 Å². The third-order valence-electron chi connectivity index (χ3n) is 4.95. The monoisotopic (exact) mass is 492 g/mol. The van der Waals surface area contributed by atoms with Crippen molar-refractivity contribution in [2.45, 2.75) is 39.0 Å². The van der Waals surface area contributed by atoms with Crippen LogP contribution in [0.15, 0.2) is 42.5 Å². The fourth-order valence-corrected chi connectivity index (χ4v) is 5.21. The van der Waals surface area contributed by atoms with Gasteiger partial charge in [0, 0.05) is 22.9 Å². The molecule has 10 heteroatoms. The molecule has 1 N–H and O–H groups in total. The van der Waals surface area contributed by atoms with Crippen molar-refractivity contribution in [3.63, 3.8) is 0 Å². The molecule has 0 aliphatic heterocycles. The lowest BCUT2D eigenvalue weighted by Gasteiger charge is -2.21. The Balaban J connectivity index is 1.55. The first kappa shape index (κ1) is 23.2. The molecule has 0 unspecified atom stereocenters. The molecule has 5 nitrogen and oxygen atoms in total. The Bertz CT molecular complexity index is 1330. The summed E-state index contributed by atoms with van der Waals surface area (Å²) in [6.45, 7) is 4.83. The van der Waals surface area contributed by atoms with Crippen molar-refractivity contribution in [3.8, 4) is 16.3 Å². The summed E-state index contributed by atoms with van der Waals surface area (Å²) in [5.74, 6) is -0.642.